The lowest BCUT2D eigenvalue weighted by molar-refractivity contribution is -0.143. The van der Waals surface area contributed by atoms with Gasteiger partial charge in [0.1, 0.15) is 6.04 Å². The van der Waals surface area contributed by atoms with E-state index in [1.807, 2.05) is 6.07 Å². The first-order chi connectivity index (χ1) is 9.90. The molecule has 0 heterocycles. The van der Waals surface area contributed by atoms with Crippen LogP contribution in [0, 0.1) is 28.9 Å². The van der Waals surface area contributed by atoms with Gasteiger partial charge in [-0.25, -0.2) is 13.6 Å². The molecule has 0 saturated heterocycles. The molecule has 112 valence electrons. The van der Waals surface area contributed by atoms with Crippen LogP contribution in [0.15, 0.2) is 18.2 Å². The third-order valence-electron chi connectivity index (χ3n) is 2.80. The van der Waals surface area contributed by atoms with Gasteiger partial charge in [-0.3, -0.25) is 4.79 Å². The molecule has 0 saturated carbocycles. The predicted molar refractivity (Wildman–Crippen MR) is 69.0 cm³/mol. The summed E-state index contributed by atoms with van der Waals surface area (Å²) in [5.74, 6) is -4.70. The van der Waals surface area contributed by atoms with Gasteiger partial charge >= 0.3 is 5.97 Å². The number of methoxy groups -OCH3 is 1. The molecule has 0 aromatic heterocycles. The van der Waals surface area contributed by atoms with E-state index < -0.39 is 41.0 Å². The van der Waals surface area contributed by atoms with Crippen LogP contribution in [0.1, 0.15) is 23.7 Å². The molecular weight excluding hydrogens is 282 g/mol. The molecule has 0 spiro atoms. The Hall–Kier alpha value is -2.49. The molecule has 7 heteroatoms. The summed E-state index contributed by atoms with van der Waals surface area (Å²) < 4.78 is 31.1. The molecule has 21 heavy (non-hydrogen) atoms. The van der Waals surface area contributed by atoms with Gasteiger partial charge in [0.05, 0.1) is 18.7 Å². The van der Waals surface area contributed by atoms with E-state index >= 15 is 0 Å². The maximum atomic E-state index is 13.5. The van der Waals surface area contributed by atoms with Gasteiger partial charge in [-0.15, -0.1) is 0 Å². The number of halogens is 2. The Kier molecular flexibility index (Phi) is 5.79. The fraction of sp³-hybridized carbons (Fsp3) is 0.357. The zero-order valence-corrected chi connectivity index (χ0v) is 11.5. The molecule has 1 rings (SSSR count). The molecule has 2 atom stereocenters. The first-order valence-electron chi connectivity index (χ1n) is 6.13. The number of amides is 1. The number of carbonyl (C=O) groups is 2. The van der Waals surface area contributed by atoms with Crippen LogP contribution in [0.2, 0.25) is 0 Å². The second kappa shape index (κ2) is 7.33. The lowest BCUT2D eigenvalue weighted by Gasteiger charge is -2.17. The number of hydrogen-bond acceptors (Lipinski definition) is 4. The summed E-state index contributed by atoms with van der Waals surface area (Å²) in [6.45, 7) is 1.56. The van der Waals surface area contributed by atoms with E-state index in [1.54, 1.807) is 6.92 Å². The SMILES string of the molecule is COC(=O)[C@H](C[C@H](C)C#N)NC(=O)c1cccc(F)c1F. The fourth-order valence-electron chi connectivity index (χ4n) is 1.68. The first kappa shape index (κ1) is 16.6. The highest BCUT2D eigenvalue weighted by molar-refractivity contribution is 5.97. The number of nitrogens with one attached hydrogen (secondary N) is 1. The molecule has 5 nitrogen and oxygen atoms in total. The van der Waals surface area contributed by atoms with Gasteiger partial charge in [-0.05, 0) is 25.5 Å². The molecule has 0 aliphatic carbocycles. The zero-order valence-electron chi connectivity index (χ0n) is 11.5. The summed E-state index contributed by atoms with van der Waals surface area (Å²) in [6.07, 6.45) is 0.00580. The summed E-state index contributed by atoms with van der Waals surface area (Å²) in [4.78, 5) is 23.5. The summed E-state index contributed by atoms with van der Waals surface area (Å²) in [5.41, 5.74) is -0.520. The molecule has 1 aromatic rings. The van der Waals surface area contributed by atoms with Crippen molar-refractivity contribution in [3.8, 4) is 6.07 Å². The summed E-state index contributed by atoms with van der Waals surface area (Å²) >= 11 is 0. The van der Waals surface area contributed by atoms with Gasteiger partial charge in [-0.1, -0.05) is 6.07 Å². The van der Waals surface area contributed by atoms with Gasteiger partial charge in [0.25, 0.3) is 5.91 Å². The monoisotopic (exact) mass is 296 g/mol. The van der Waals surface area contributed by atoms with Crippen molar-refractivity contribution < 1.29 is 23.1 Å². The van der Waals surface area contributed by atoms with E-state index in [0.29, 0.717) is 0 Å². The Morgan fingerprint density at radius 3 is 2.67 bits per heavy atom. The van der Waals surface area contributed by atoms with Crippen molar-refractivity contribution in [2.45, 2.75) is 19.4 Å². The van der Waals surface area contributed by atoms with Crippen LogP contribution >= 0.6 is 0 Å². The first-order valence-corrected chi connectivity index (χ1v) is 6.13. The maximum absolute atomic E-state index is 13.5. The van der Waals surface area contributed by atoms with Crippen LogP contribution in [0.25, 0.3) is 0 Å². The van der Waals surface area contributed by atoms with Crippen molar-refractivity contribution in [3.05, 3.63) is 35.4 Å². The summed E-state index contributed by atoms with van der Waals surface area (Å²) in [5, 5.41) is 11.0. The molecule has 0 unspecified atom stereocenters. The Labute approximate surface area is 120 Å². The van der Waals surface area contributed by atoms with Crippen LogP contribution in [0.4, 0.5) is 8.78 Å². The van der Waals surface area contributed by atoms with Gasteiger partial charge in [-0.2, -0.15) is 5.26 Å². The topological polar surface area (TPSA) is 79.2 Å². The van der Waals surface area contributed by atoms with Crippen molar-refractivity contribution in [1.82, 2.24) is 5.32 Å². The highest BCUT2D eigenvalue weighted by Gasteiger charge is 2.26. The maximum Gasteiger partial charge on any atom is 0.328 e. The second-order valence-corrected chi connectivity index (χ2v) is 4.42. The smallest absolute Gasteiger partial charge is 0.328 e. The molecule has 1 amide bonds. The zero-order chi connectivity index (χ0) is 16.0. The minimum absolute atomic E-state index is 0.00580. The van der Waals surface area contributed by atoms with Crippen molar-refractivity contribution in [2.24, 2.45) is 5.92 Å². The van der Waals surface area contributed by atoms with Gasteiger partial charge in [0.2, 0.25) is 0 Å². The minimum atomic E-state index is -1.30. The highest BCUT2D eigenvalue weighted by Crippen LogP contribution is 2.13. The lowest BCUT2D eigenvalue weighted by atomic mass is 10.0. The molecule has 1 aromatic carbocycles. The standard InChI is InChI=1S/C14H14F2N2O3/c1-8(7-17)6-11(14(20)21-2)18-13(19)9-4-3-5-10(15)12(9)16/h3-5,8,11H,6H2,1-2H3,(H,18,19)/t8-,11-/m0/s1. The molecule has 0 bridgehead atoms. The van der Waals surface area contributed by atoms with Crippen molar-refractivity contribution in [3.63, 3.8) is 0 Å². The predicted octanol–water partition coefficient (Wildman–Crippen LogP) is 1.79. The van der Waals surface area contributed by atoms with E-state index in [-0.39, 0.29) is 6.42 Å². The third-order valence-corrected chi connectivity index (χ3v) is 2.80. The fourth-order valence-corrected chi connectivity index (χ4v) is 1.68. The number of nitriles is 1. The van der Waals surface area contributed by atoms with Crippen LogP contribution in [-0.2, 0) is 9.53 Å². The minimum Gasteiger partial charge on any atom is -0.467 e. The number of hydrogen-bond donors (Lipinski definition) is 1. The number of rotatable bonds is 5. The van der Waals surface area contributed by atoms with Gasteiger partial charge in [0.15, 0.2) is 11.6 Å². The normalized spacial score (nSPS) is 12.9. The van der Waals surface area contributed by atoms with Crippen molar-refractivity contribution in [2.75, 3.05) is 7.11 Å². The third kappa shape index (κ3) is 4.24. The molecule has 1 N–H and O–H groups in total. The second-order valence-electron chi connectivity index (χ2n) is 4.42. The Morgan fingerprint density at radius 2 is 2.10 bits per heavy atom. The Morgan fingerprint density at radius 1 is 1.43 bits per heavy atom. The molecular formula is C14H14F2N2O3. The molecule has 0 aliphatic rings. The molecule has 0 fully saturated rings. The summed E-state index contributed by atoms with van der Waals surface area (Å²) in [7, 11) is 1.13. The quantitative estimate of drug-likeness (QED) is 0.840. The largest absolute Gasteiger partial charge is 0.467 e. The van der Waals surface area contributed by atoms with Crippen molar-refractivity contribution in [1.29, 1.82) is 5.26 Å². The molecule has 0 aliphatic heterocycles. The average molecular weight is 296 g/mol. The number of benzene rings is 1. The van der Waals surface area contributed by atoms with E-state index in [4.69, 9.17) is 5.26 Å². The average Bonchev–Trinajstić information content (AvgIpc) is 2.48. The van der Waals surface area contributed by atoms with Crippen LogP contribution in [0.5, 0.6) is 0 Å². The number of nitrogens with zero attached hydrogens (tertiary/aromatic N) is 1. The summed E-state index contributed by atoms with van der Waals surface area (Å²) in [6, 6.07) is 3.95. The highest BCUT2D eigenvalue weighted by atomic mass is 19.2. The van der Waals surface area contributed by atoms with Gasteiger partial charge in [0, 0.05) is 5.92 Å². The Balaban J connectivity index is 2.93. The molecule has 0 radical (unpaired) electrons. The van der Waals surface area contributed by atoms with Crippen molar-refractivity contribution >= 4 is 11.9 Å². The number of ether oxygens (including phenoxy) is 1. The number of esters is 1. The van der Waals surface area contributed by atoms with E-state index in [1.165, 1.54) is 6.07 Å². The van der Waals surface area contributed by atoms with E-state index in [2.05, 4.69) is 10.1 Å². The number of carbonyl (C=O) groups excluding carboxylic acids is 2. The van der Waals surface area contributed by atoms with Crippen LogP contribution in [-0.4, -0.2) is 25.0 Å². The lowest BCUT2D eigenvalue weighted by Crippen LogP contribution is -2.42. The van der Waals surface area contributed by atoms with E-state index in [9.17, 15) is 18.4 Å². The van der Waals surface area contributed by atoms with Crippen LogP contribution in [0.3, 0.4) is 0 Å². The Bertz CT molecular complexity index is 584. The van der Waals surface area contributed by atoms with E-state index in [0.717, 1.165) is 19.2 Å². The van der Waals surface area contributed by atoms with Gasteiger partial charge < -0.3 is 10.1 Å². The van der Waals surface area contributed by atoms with Crippen LogP contribution < -0.4 is 5.32 Å².